The first-order valence-electron chi connectivity index (χ1n) is 6.04. The van der Waals surface area contributed by atoms with Crippen LogP contribution in [-0.4, -0.2) is 23.0 Å². The molecule has 2 aromatic carbocycles. The van der Waals surface area contributed by atoms with Gasteiger partial charge in [-0.3, -0.25) is 14.9 Å². The van der Waals surface area contributed by atoms with Gasteiger partial charge in [-0.05, 0) is 18.2 Å². The molecule has 2 rings (SSSR count). The Balaban J connectivity index is 2.33. The first-order valence-corrected chi connectivity index (χ1v) is 6.42. The lowest BCUT2D eigenvalue weighted by molar-refractivity contribution is -0.384. The molecule has 0 aromatic heterocycles. The first kappa shape index (κ1) is 15.6. The number of hydrogen-bond donors (Lipinski definition) is 2. The monoisotopic (exact) mass is 322 g/mol. The minimum absolute atomic E-state index is 0.0606. The first-order chi connectivity index (χ1) is 10.4. The number of anilines is 1. The second-order valence-corrected chi connectivity index (χ2v) is 4.67. The summed E-state index contributed by atoms with van der Waals surface area (Å²) >= 11 is 5.89. The van der Waals surface area contributed by atoms with E-state index in [1.165, 1.54) is 37.4 Å². The van der Waals surface area contributed by atoms with Crippen molar-refractivity contribution in [1.29, 1.82) is 0 Å². The summed E-state index contributed by atoms with van der Waals surface area (Å²) in [6.45, 7) is 0. The molecule has 2 aromatic rings. The molecule has 0 saturated heterocycles. The SMILES string of the molecule is COc1ccc(O)c(NC(=O)c2cc([N+](=O)[O-])ccc2Cl)c1. The van der Waals surface area contributed by atoms with Crippen molar-refractivity contribution < 1.29 is 19.6 Å². The largest absolute Gasteiger partial charge is 0.506 e. The zero-order valence-electron chi connectivity index (χ0n) is 11.4. The number of hydrogen-bond acceptors (Lipinski definition) is 5. The average molecular weight is 323 g/mol. The van der Waals surface area contributed by atoms with E-state index in [1.54, 1.807) is 0 Å². The molecule has 0 aliphatic rings. The molecule has 22 heavy (non-hydrogen) atoms. The maximum absolute atomic E-state index is 12.2. The minimum Gasteiger partial charge on any atom is -0.506 e. The molecule has 0 unspecified atom stereocenters. The summed E-state index contributed by atoms with van der Waals surface area (Å²) in [5, 5.41) is 23.0. The maximum atomic E-state index is 12.2. The number of rotatable bonds is 4. The van der Waals surface area contributed by atoms with Crippen LogP contribution in [0.2, 0.25) is 5.02 Å². The standard InChI is InChI=1S/C14H11ClN2O5/c1-22-9-3-5-13(18)12(7-9)16-14(19)10-6-8(17(20)21)2-4-11(10)15/h2-7,18H,1H3,(H,16,19). The van der Waals surface area contributed by atoms with Gasteiger partial charge in [-0.1, -0.05) is 11.6 Å². The van der Waals surface area contributed by atoms with Crippen LogP contribution in [0.15, 0.2) is 36.4 Å². The van der Waals surface area contributed by atoms with Crippen molar-refractivity contribution in [2.45, 2.75) is 0 Å². The lowest BCUT2D eigenvalue weighted by atomic mass is 10.1. The molecule has 0 fully saturated rings. The fourth-order valence-corrected chi connectivity index (χ4v) is 1.94. The number of non-ortho nitro benzene ring substituents is 1. The Morgan fingerprint density at radius 3 is 2.68 bits per heavy atom. The van der Waals surface area contributed by atoms with Gasteiger partial charge < -0.3 is 15.2 Å². The molecular weight excluding hydrogens is 312 g/mol. The minimum atomic E-state index is -0.683. The van der Waals surface area contributed by atoms with Gasteiger partial charge in [0.05, 0.1) is 28.3 Å². The van der Waals surface area contributed by atoms with Crippen molar-refractivity contribution in [3.63, 3.8) is 0 Å². The molecule has 0 atom stereocenters. The van der Waals surface area contributed by atoms with Gasteiger partial charge in [0, 0.05) is 18.2 Å². The molecule has 0 aliphatic carbocycles. The second-order valence-electron chi connectivity index (χ2n) is 4.26. The number of phenolic OH excluding ortho intramolecular Hbond substituents is 1. The zero-order chi connectivity index (χ0) is 16.3. The van der Waals surface area contributed by atoms with Gasteiger partial charge in [-0.25, -0.2) is 0 Å². The van der Waals surface area contributed by atoms with Crippen molar-refractivity contribution in [2.24, 2.45) is 0 Å². The van der Waals surface area contributed by atoms with Crippen LogP contribution in [0.5, 0.6) is 11.5 Å². The van der Waals surface area contributed by atoms with Crippen LogP contribution in [0.1, 0.15) is 10.4 Å². The Hall–Kier alpha value is -2.80. The Labute approximate surface area is 130 Å². The van der Waals surface area contributed by atoms with Gasteiger partial charge >= 0.3 is 0 Å². The number of benzene rings is 2. The number of carbonyl (C=O) groups excluding carboxylic acids is 1. The summed E-state index contributed by atoms with van der Waals surface area (Å²) in [5.74, 6) is -0.425. The molecule has 2 N–H and O–H groups in total. The van der Waals surface area contributed by atoms with Gasteiger partial charge in [-0.2, -0.15) is 0 Å². The summed E-state index contributed by atoms with van der Waals surface area (Å²) < 4.78 is 4.99. The van der Waals surface area contributed by atoms with E-state index >= 15 is 0 Å². The normalized spacial score (nSPS) is 10.1. The molecule has 1 amide bonds. The number of carbonyl (C=O) groups is 1. The smallest absolute Gasteiger partial charge is 0.270 e. The van der Waals surface area contributed by atoms with Gasteiger partial charge in [0.15, 0.2) is 0 Å². The highest BCUT2D eigenvalue weighted by molar-refractivity contribution is 6.34. The average Bonchev–Trinajstić information content (AvgIpc) is 2.49. The number of nitrogens with zero attached hydrogens (tertiary/aromatic N) is 1. The highest BCUT2D eigenvalue weighted by atomic mass is 35.5. The van der Waals surface area contributed by atoms with E-state index in [0.29, 0.717) is 5.75 Å². The van der Waals surface area contributed by atoms with Gasteiger partial charge in [0.1, 0.15) is 11.5 Å². The third-order valence-corrected chi connectivity index (χ3v) is 3.19. The van der Waals surface area contributed by atoms with E-state index in [4.69, 9.17) is 16.3 Å². The van der Waals surface area contributed by atoms with Crippen molar-refractivity contribution in [2.75, 3.05) is 12.4 Å². The van der Waals surface area contributed by atoms with Crippen molar-refractivity contribution >= 4 is 28.9 Å². The van der Waals surface area contributed by atoms with Crippen LogP contribution in [-0.2, 0) is 0 Å². The second kappa shape index (κ2) is 6.31. The fourth-order valence-electron chi connectivity index (χ4n) is 1.73. The summed E-state index contributed by atoms with van der Waals surface area (Å²) in [4.78, 5) is 22.3. The summed E-state index contributed by atoms with van der Waals surface area (Å²) in [7, 11) is 1.44. The van der Waals surface area contributed by atoms with E-state index in [9.17, 15) is 20.0 Å². The Bertz CT molecular complexity index is 748. The highest BCUT2D eigenvalue weighted by Crippen LogP contribution is 2.29. The Kier molecular flexibility index (Phi) is 4.47. The van der Waals surface area contributed by atoms with Crippen molar-refractivity contribution in [3.8, 4) is 11.5 Å². The number of phenols is 1. The zero-order valence-corrected chi connectivity index (χ0v) is 12.1. The summed E-state index contributed by atoms with van der Waals surface area (Å²) in [5.41, 5.74) is -0.227. The Morgan fingerprint density at radius 1 is 1.32 bits per heavy atom. The number of nitro groups is 1. The topological polar surface area (TPSA) is 102 Å². The lowest BCUT2D eigenvalue weighted by Gasteiger charge is -2.10. The number of aromatic hydroxyl groups is 1. The number of amides is 1. The molecule has 0 bridgehead atoms. The maximum Gasteiger partial charge on any atom is 0.270 e. The van der Waals surface area contributed by atoms with E-state index in [0.717, 1.165) is 6.07 Å². The third kappa shape index (κ3) is 3.26. The van der Waals surface area contributed by atoms with Crippen molar-refractivity contribution in [3.05, 3.63) is 57.1 Å². The number of ether oxygens (including phenoxy) is 1. The predicted molar refractivity (Wildman–Crippen MR) is 80.7 cm³/mol. The van der Waals surface area contributed by atoms with Crippen LogP contribution in [0, 0.1) is 10.1 Å². The molecule has 0 saturated carbocycles. The van der Waals surface area contributed by atoms with Crippen LogP contribution in [0.4, 0.5) is 11.4 Å². The quantitative estimate of drug-likeness (QED) is 0.511. The van der Waals surface area contributed by atoms with Crippen LogP contribution in [0.3, 0.4) is 0 Å². The van der Waals surface area contributed by atoms with Gasteiger partial charge in [0.25, 0.3) is 11.6 Å². The van der Waals surface area contributed by atoms with E-state index in [1.807, 2.05) is 0 Å². The van der Waals surface area contributed by atoms with E-state index in [-0.39, 0.29) is 27.7 Å². The van der Waals surface area contributed by atoms with Crippen LogP contribution < -0.4 is 10.1 Å². The van der Waals surface area contributed by atoms with E-state index in [2.05, 4.69) is 5.32 Å². The molecule has 0 aliphatic heterocycles. The molecular formula is C14H11ClN2O5. The molecule has 7 nitrogen and oxygen atoms in total. The third-order valence-electron chi connectivity index (χ3n) is 2.86. The Morgan fingerprint density at radius 2 is 2.05 bits per heavy atom. The summed E-state index contributed by atoms with van der Waals surface area (Å²) in [6, 6.07) is 7.81. The van der Waals surface area contributed by atoms with Crippen LogP contribution >= 0.6 is 11.6 Å². The predicted octanol–water partition coefficient (Wildman–Crippen LogP) is 3.21. The number of nitrogens with one attached hydrogen (secondary N) is 1. The molecule has 114 valence electrons. The number of nitro benzene ring substituents is 1. The number of methoxy groups -OCH3 is 1. The van der Waals surface area contributed by atoms with Crippen LogP contribution in [0.25, 0.3) is 0 Å². The van der Waals surface area contributed by atoms with E-state index < -0.39 is 10.8 Å². The molecule has 0 radical (unpaired) electrons. The summed E-state index contributed by atoms with van der Waals surface area (Å²) in [6.07, 6.45) is 0. The molecule has 0 heterocycles. The number of halogens is 1. The highest BCUT2D eigenvalue weighted by Gasteiger charge is 2.17. The molecule has 0 spiro atoms. The molecule has 8 heteroatoms. The van der Waals surface area contributed by atoms with Gasteiger partial charge in [-0.15, -0.1) is 0 Å². The van der Waals surface area contributed by atoms with Crippen molar-refractivity contribution in [1.82, 2.24) is 0 Å². The fraction of sp³-hybridized carbons (Fsp3) is 0.0714. The lowest BCUT2D eigenvalue weighted by Crippen LogP contribution is -2.13. The van der Waals surface area contributed by atoms with Gasteiger partial charge in [0.2, 0.25) is 0 Å².